The molecule has 2 aromatic rings. The van der Waals surface area contributed by atoms with E-state index >= 15 is 0 Å². The minimum atomic E-state index is -0.431. The number of nitrogens with two attached hydrogens (primary N) is 1. The Kier molecular flexibility index (Phi) is 7.03. The molecule has 130 valence electrons. The lowest BCUT2D eigenvalue weighted by Crippen LogP contribution is -2.33. The summed E-state index contributed by atoms with van der Waals surface area (Å²) in [5, 5.41) is 5.32. The molecule has 0 saturated carbocycles. The van der Waals surface area contributed by atoms with Gasteiger partial charge in [0.25, 0.3) is 0 Å². The predicted molar refractivity (Wildman–Crippen MR) is 98.1 cm³/mol. The maximum Gasteiger partial charge on any atom is 0.243 e. The molecule has 4 N–H and O–H groups in total. The first kappa shape index (κ1) is 18.5. The molecule has 0 bridgehead atoms. The van der Waals surface area contributed by atoms with Crippen molar-refractivity contribution < 1.29 is 14.4 Å². The Hall–Kier alpha value is -2.80. The highest BCUT2D eigenvalue weighted by atomic mass is 32.2. The molecule has 2 rings (SSSR count). The molecule has 0 saturated heterocycles. The van der Waals surface area contributed by atoms with E-state index in [4.69, 9.17) is 5.73 Å². The average Bonchev–Trinajstić information content (AvgIpc) is 2.60. The second-order valence-corrected chi connectivity index (χ2v) is 6.26. The van der Waals surface area contributed by atoms with Crippen LogP contribution in [0.2, 0.25) is 0 Å². The number of nitrogens with one attached hydrogen (secondary N) is 2. The fraction of sp³-hybridized carbons (Fsp3) is 0.167. The summed E-state index contributed by atoms with van der Waals surface area (Å²) in [6, 6.07) is 16.4. The van der Waals surface area contributed by atoms with E-state index in [1.165, 1.54) is 11.8 Å². The van der Waals surface area contributed by atoms with Gasteiger partial charge < -0.3 is 16.4 Å². The molecule has 0 radical (unpaired) electrons. The molecule has 0 heterocycles. The minimum absolute atomic E-state index is 0.125. The Bertz CT molecular complexity index is 750. The smallest absolute Gasteiger partial charge is 0.243 e. The highest BCUT2D eigenvalue weighted by Gasteiger charge is 2.10. The third-order valence-corrected chi connectivity index (χ3v) is 4.28. The first-order valence-electron chi connectivity index (χ1n) is 7.65. The fourth-order valence-corrected chi connectivity index (χ4v) is 2.81. The molecule has 0 unspecified atom stereocenters. The van der Waals surface area contributed by atoms with Crippen LogP contribution in [-0.4, -0.2) is 30.0 Å². The number of rotatable bonds is 8. The van der Waals surface area contributed by atoms with Gasteiger partial charge in [0.2, 0.25) is 17.7 Å². The van der Waals surface area contributed by atoms with Crippen LogP contribution < -0.4 is 16.4 Å². The van der Waals surface area contributed by atoms with Crippen LogP contribution in [0.1, 0.15) is 5.56 Å². The third kappa shape index (κ3) is 6.68. The van der Waals surface area contributed by atoms with Crippen LogP contribution in [-0.2, 0) is 20.8 Å². The number of hydrogen-bond donors (Lipinski definition) is 3. The van der Waals surface area contributed by atoms with Crippen molar-refractivity contribution in [2.75, 3.05) is 17.6 Å². The molecule has 0 aromatic heterocycles. The zero-order valence-corrected chi connectivity index (χ0v) is 14.3. The normalized spacial score (nSPS) is 10.1. The van der Waals surface area contributed by atoms with E-state index in [1.54, 1.807) is 24.3 Å². The number of anilines is 1. The van der Waals surface area contributed by atoms with E-state index in [0.29, 0.717) is 5.69 Å². The van der Waals surface area contributed by atoms with Gasteiger partial charge in [0.1, 0.15) is 0 Å². The summed E-state index contributed by atoms with van der Waals surface area (Å²) in [5.41, 5.74) is 6.60. The summed E-state index contributed by atoms with van der Waals surface area (Å²) in [4.78, 5) is 35.5. The lowest BCUT2D eigenvalue weighted by molar-refractivity contribution is -0.123. The predicted octanol–water partition coefficient (Wildman–Crippen LogP) is 1.56. The minimum Gasteiger partial charge on any atom is -0.369 e. The molecule has 0 spiro atoms. The Labute approximate surface area is 150 Å². The summed E-state index contributed by atoms with van der Waals surface area (Å²) in [5.74, 6) is -0.869. The number of para-hydroxylation sites is 1. The number of amides is 3. The van der Waals surface area contributed by atoms with Gasteiger partial charge in [-0.1, -0.05) is 42.5 Å². The monoisotopic (exact) mass is 357 g/mol. The maximum atomic E-state index is 12.0. The maximum absolute atomic E-state index is 12.0. The Balaban J connectivity index is 1.84. The first-order valence-corrected chi connectivity index (χ1v) is 8.64. The van der Waals surface area contributed by atoms with E-state index in [0.717, 1.165) is 10.5 Å². The number of carbonyl (C=O) groups excluding carboxylic acids is 3. The third-order valence-electron chi connectivity index (χ3n) is 3.18. The van der Waals surface area contributed by atoms with Crippen LogP contribution in [0.15, 0.2) is 59.5 Å². The van der Waals surface area contributed by atoms with Crippen molar-refractivity contribution in [3.63, 3.8) is 0 Å². The summed E-state index contributed by atoms with van der Waals surface area (Å²) in [6.45, 7) is -0.125. The second-order valence-electron chi connectivity index (χ2n) is 5.24. The molecule has 0 aliphatic carbocycles. The van der Waals surface area contributed by atoms with Gasteiger partial charge in [-0.3, -0.25) is 14.4 Å². The molecule has 0 aliphatic heterocycles. The van der Waals surface area contributed by atoms with Gasteiger partial charge in [-0.2, -0.15) is 0 Å². The fourth-order valence-electron chi connectivity index (χ4n) is 2.06. The first-order chi connectivity index (χ1) is 12.0. The number of hydrogen-bond acceptors (Lipinski definition) is 4. The van der Waals surface area contributed by atoms with E-state index < -0.39 is 5.91 Å². The number of benzene rings is 2. The summed E-state index contributed by atoms with van der Waals surface area (Å²) < 4.78 is 0. The largest absolute Gasteiger partial charge is 0.369 e. The van der Waals surface area contributed by atoms with E-state index in [-0.39, 0.29) is 30.5 Å². The molecule has 2 aromatic carbocycles. The Morgan fingerprint density at radius 2 is 1.60 bits per heavy atom. The van der Waals surface area contributed by atoms with Crippen molar-refractivity contribution in [1.29, 1.82) is 0 Å². The summed E-state index contributed by atoms with van der Waals surface area (Å²) in [7, 11) is 0. The van der Waals surface area contributed by atoms with Gasteiger partial charge in [0.05, 0.1) is 24.4 Å². The summed E-state index contributed by atoms with van der Waals surface area (Å²) in [6.07, 6.45) is 0.221. The lowest BCUT2D eigenvalue weighted by Gasteiger charge is -2.11. The lowest BCUT2D eigenvalue weighted by atomic mass is 10.1. The van der Waals surface area contributed by atoms with Crippen LogP contribution >= 0.6 is 11.8 Å². The molecule has 3 amide bonds. The molecule has 0 atom stereocenters. The number of primary amides is 1. The molecule has 0 fully saturated rings. The molecule has 7 heteroatoms. The van der Waals surface area contributed by atoms with Crippen molar-refractivity contribution in [3.8, 4) is 0 Å². The van der Waals surface area contributed by atoms with Crippen LogP contribution in [0.3, 0.4) is 0 Å². The Morgan fingerprint density at radius 1 is 0.920 bits per heavy atom. The van der Waals surface area contributed by atoms with Crippen LogP contribution in [0.4, 0.5) is 5.69 Å². The standard InChI is InChI=1S/C18H19N3O3S/c19-16(22)12-25-15-9-5-4-8-14(15)21-18(24)11-20-17(23)10-13-6-2-1-3-7-13/h1-9H,10-12H2,(H2,19,22)(H,20,23)(H,21,24). The highest BCUT2D eigenvalue weighted by Crippen LogP contribution is 2.26. The Morgan fingerprint density at radius 3 is 2.32 bits per heavy atom. The SMILES string of the molecule is NC(=O)CSc1ccccc1NC(=O)CNC(=O)Cc1ccccc1. The zero-order chi connectivity index (χ0) is 18.1. The summed E-state index contributed by atoms with van der Waals surface area (Å²) >= 11 is 1.25. The van der Waals surface area contributed by atoms with E-state index in [9.17, 15) is 14.4 Å². The van der Waals surface area contributed by atoms with Gasteiger partial charge in [0, 0.05) is 4.90 Å². The second kappa shape index (κ2) is 9.48. The highest BCUT2D eigenvalue weighted by molar-refractivity contribution is 8.00. The van der Waals surface area contributed by atoms with Crippen molar-refractivity contribution in [1.82, 2.24) is 5.32 Å². The molecular formula is C18H19N3O3S. The van der Waals surface area contributed by atoms with Crippen LogP contribution in [0.5, 0.6) is 0 Å². The van der Waals surface area contributed by atoms with E-state index in [2.05, 4.69) is 10.6 Å². The van der Waals surface area contributed by atoms with Crippen molar-refractivity contribution in [2.24, 2.45) is 5.73 Å². The van der Waals surface area contributed by atoms with Gasteiger partial charge >= 0.3 is 0 Å². The van der Waals surface area contributed by atoms with Gasteiger partial charge in [-0.05, 0) is 17.7 Å². The van der Waals surface area contributed by atoms with Crippen LogP contribution in [0, 0.1) is 0 Å². The molecular weight excluding hydrogens is 338 g/mol. The number of thioether (sulfide) groups is 1. The van der Waals surface area contributed by atoms with Gasteiger partial charge in [0.15, 0.2) is 0 Å². The zero-order valence-electron chi connectivity index (χ0n) is 13.5. The average molecular weight is 357 g/mol. The van der Waals surface area contributed by atoms with E-state index in [1.807, 2.05) is 30.3 Å². The van der Waals surface area contributed by atoms with Crippen molar-refractivity contribution in [3.05, 3.63) is 60.2 Å². The molecule has 6 nitrogen and oxygen atoms in total. The topological polar surface area (TPSA) is 101 Å². The van der Waals surface area contributed by atoms with Gasteiger partial charge in [-0.15, -0.1) is 11.8 Å². The quantitative estimate of drug-likeness (QED) is 0.624. The van der Waals surface area contributed by atoms with Crippen LogP contribution in [0.25, 0.3) is 0 Å². The molecule has 25 heavy (non-hydrogen) atoms. The van der Waals surface area contributed by atoms with Gasteiger partial charge in [-0.25, -0.2) is 0 Å². The number of carbonyl (C=O) groups is 3. The molecule has 0 aliphatic rings. The van der Waals surface area contributed by atoms with Crippen molar-refractivity contribution in [2.45, 2.75) is 11.3 Å². The van der Waals surface area contributed by atoms with Crippen molar-refractivity contribution >= 4 is 35.2 Å².